The molecule has 1 aliphatic heterocycles. The van der Waals surface area contributed by atoms with Crippen LogP contribution in [0.2, 0.25) is 0 Å². The third-order valence-electron chi connectivity index (χ3n) is 2.08. The van der Waals surface area contributed by atoms with Gasteiger partial charge in [0, 0.05) is 12.0 Å². The average molecular weight is 161 g/mol. The summed E-state index contributed by atoms with van der Waals surface area (Å²) >= 11 is 0. The summed E-state index contributed by atoms with van der Waals surface area (Å²) in [7, 11) is 0. The van der Waals surface area contributed by atoms with Crippen LogP contribution in [0.4, 0.5) is 0 Å². The maximum absolute atomic E-state index is 5.49. The van der Waals surface area contributed by atoms with Crippen LogP contribution in [0.3, 0.4) is 0 Å². The first-order chi connectivity index (χ1) is 5.92. The molecule has 0 aliphatic carbocycles. The number of para-hydroxylation sites is 1. The Morgan fingerprint density at radius 3 is 3.25 bits per heavy atom. The molecule has 2 rings (SSSR count). The average Bonchev–Trinajstić information content (AvgIpc) is 2.53. The second kappa shape index (κ2) is 2.97. The lowest BCUT2D eigenvalue weighted by Gasteiger charge is -2.04. The summed E-state index contributed by atoms with van der Waals surface area (Å²) < 4.78 is 5.49. The fourth-order valence-electron chi connectivity index (χ4n) is 1.53. The number of nitrogens with zero attached hydrogens (tertiary/aromatic N) is 1. The molecule has 0 unspecified atom stereocenters. The van der Waals surface area contributed by atoms with E-state index in [2.05, 4.69) is 17.8 Å². The van der Waals surface area contributed by atoms with Gasteiger partial charge in [0.05, 0.1) is 13.2 Å². The summed E-state index contributed by atoms with van der Waals surface area (Å²) in [6.45, 7) is 4.94. The van der Waals surface area contributed by atoms with Crippen molar-refractivity contribution in [2.24, 2.45) is 4.99 Å². The molecule has 1 heterocycles. The van der Waals surface area contributed by atoms with Crippen LogP contribution in [-0.4, -0.2) is 13.3 Å². The van der Waals surface area contributed by atoms with Crippen LogP contribution in [0.25, 0.3) is 0 Å². The number of aliphatic imine (C=N–C) groups is 1. The molecule has 1 aromatic rings. The van der Waals surface area contributed by atoms with E-state index in [1.54, 1.807) is 0 Å². The fraction of sp³-hybridized carbons (Fsp3) is 0.300. The molecule has 0 radical (unpaired) electrons. The molecule has 0 fully saturated rings. The largest absolute Gasteiger partial charge is 0.493 e. The van der Waals surface area contributed by atoms with Gasteiger partial charge in [-0.1, -0.05) is 18.2 Å². The van der Waals surface area contributed by atoms with Crippen LogP contribution in [0.1, 0.15) is 11.1 Å². The second-order valence-corrected chi connectivity index (χ2v) is 2.89. The summed E-state index contributed by atoms with van der Waals surface area (Å²) in [5, 5.41) is 0. The van der Waals surface area contributed by atoms with E-state index in [1.165, 1.54) is 5.56 Å². The minimum absolute atomic E-state index is 0.656. The molecule has 0 saturated carbocycles. The molecule has 1 aliphatic rings. The molecule has 0 saturated heterocycles. The summed E-state index contributed by atoms with van der Waals surface area (Å²) in [5.74, 6) is 1.03. The van der Waals surface area contributed by atoms with E-state index in [0.29, 0.717) is 6.54 Å². The van der Waals surface area contributed by atoms with E-state index in [1.807, 2.05) is 12.1 Å². The topological polar surface area (TPSA) is 21.6 Å². The first-order valence-electron chi connectivity index (χ1n) is 4.08. The number of fused-ring (bicyclic) bond motifs is 1. The Kier molecular flexibility index (Phi) is 1.82. The zero-order valence-corrected chi connectivity index (χ0v) is 6.92. The summed E-state index contributed by atoms with van der Waals surface area (Å²) in [6, 6.07) is 6.20. The van der Waals surface area contributed by atoms with E-state index >= 15 is 0 Å². The molecule has 0 spiro atoms. The SMILES string of the molecule is C=NCc1cccc2c1OCC2. The Morgan fingerprint density at radius 1 is 1.50 bits per heavy atom. The third kappa shape index (κ3) is 1.09. The third-order valence-corrected chi connectivity index (χ3v) is 2.08. The van der Waals surface area contributed by atoms with Gasteiger partial charge in [0.15, 0.2) is 0 Å². The molecular formula is C10H11NO. The molecule has 0 bridgehead atoms. The maximum Gasteiger partial charge on any atom is 0.127 e. The van der Waals surface area contributed by atoms with Crippen molar-refractivity contribution in [2.75, 3.05) is 6.61 Å². The first-order valence-corrected chi connectivity index (χ1v) is 4.08. The lowest BCUT2D eigenvalue weighted by molar-refractivity contribution is 0.353. The van der Waals surface area contributed by atoms with Crippen molar-refractivity contribution in [1.82, 2.24) is 0 Å². The molecule has 0 atom stereocenters. The van der Waals surface area contributed by atoms with E-state index in [9.17, 15) is 0 Å². The van der Waals surface area contributed by atoms with E-state index in [0.717, 1.165) is 24.3 Å². The zero-order valence-electron chi connectivity index (χ0n) is 6.92. The lowest BCUT2D eigenvalue weighted by Crippen LogP contribution is -1.90. The smallest absolute Gasteiger partial charge is 0.127 e. The van der Waals surface area contributed by atoms with Gasteiger partial charge in [0.2, 0.25) is 0 Å². The predicted molar refractivity (Wildman–Crippen MR) is 48.9 cm³/mol. The van der Waals surface area contributed by atoms with Gasteiger partial charge in [0.25, 0.3) is 0 Å². The van der Waals surface area contributed by atoms with Crippen LogP contribution in [0, 0.1) is 0 Å². The summed E-state index contributed by atoms with van der Waals surface area (Å²) in [6.07, 6.45) is 1.03. The Labute approximate surface area is 71.9 Å². The highest BCUT2D eigenvalue weighted by atomic mass is 16.5. The van der Waals surface area contributed by atoms with Gasteiger partial charge < -0.3 is 4.74 Å². The van der Waals surface area contributed by atoms with Gasteiger partial charge in [-0.05, 0) is 12.3 Å². The van der Waals surface area contributed by atoms with Crippen molar-refractivity contribution in [3.8, 4) is 5.75 Å². The highest BCUT2D eigenvalue weighted by molar-refractivity contribution is 5.44. The second-order valence-electron chi connectivity index (χ2n) is 2.89. The molecule has 0 amide bonds. The highest BCUT2D eigenvalue weighted by Gasteiger charge is 2.14. The molecule has 62 valence electrons. The Bertz CT molecular complexity index is 307. The monoisotopic (exact) mass is 161 g/mol. The van der Waals surface area contributed by atoms with Crippen LogP contribution >= 0.6 is 0 Å². The van der Waals surface area contributed by atoms with Gasteiger partial charge in [-0.25, -0.2) is 0 Å². The van der Waals surface area contributed by atoms with Crippen LogP contribution < -0.4 is 4.74 Å². The van der Waals surface area contributed by atoms with Gasteiger partial charge in [-0.15, -0.1) is 0 Å². The van der Waals surface area contributed by atoms with Crippen molar-refractivity contribution in [3.05, 3.63) is 29.3 Å². The number of ether oxygens (including phenoxy) is 1. The van der Waals surface area contributed by atoms with E-state index in [4.69, 9.17) is 4.74 Å². The normalized spacial score (nSPS) is 13.7. The van der Waals surface area contributed by atoms with Crippen LogP contribution in [0.15, 0.2) is 23.2 Å². The zero-order chi connectivity index (χ0) is 8.39. The van der Waals surface area contributed by atoms with Crippen molar-refractivity contribution in [3.63, 3.8) is 0 Å². The molecular weight excluding hydrogens is 150 g/mol. The van der Waals surface area contributed by atoms with E-state index < -0.39 is 0 Å². The minimum Gasteiger partial charge on any atom is -0.493 e. The van der Waals surface area contributed by atoms with Crippen molar-refractivity contribution in [1.29, 1.82) is 0 Å². The number of benzene rings is 1. The molecule has 1 aromatic carbocycles. The number of hydrogen-bond donors (Lipinski definition) is 0. The van der Waals surface area contributed by atoms with Crippen molar-refractivity contribution in [2.45, 2.75) is 13.0 Å². The quantitative estimate of drug-likeness (QED) is 0.606. The fourth-order valence-corrected chi connectivity index (χ4v) is 1.53. The number of hydrogen-bond acceptors (Lipinski definition) is 2. The van der Waals surface area contributed by atoms with Gasteiger partial charge >= 0.3 is 0 Å². The van der Waals surface area contributed by atoms with Crippen molar-refractivity contribution >= 4 is 6.72 Å². The highest BCUT2D eigenvalue weighted by Crippen LogP contribution is 2.29. The van der Waals surface area contributed by atoms with E-state index in [-0.39, 0.29) is 0 Å². The van der Waals surface area contributed by atoms with Gasteiger partial charge in [0.1, 0.15) is 5.75 Å². The molecule has 2 heteroatoms. The Hall–Kier alpha value is -1.31. The van der Waals surface area contributed by atoms with Crippen LogP contribution in [0.5, 0.6) is 5.75 Å². The van der Waals surface area contributed by atoms with Crippen LogP contribution in [-0.2, 0) is 13.0 Å². The van der Waals surface area contributed by atoms with Gasteiger partial charge in [-0.3, -0.25) is 4.99 Å². The maximum atomic E-state index is 5.49. The standard InChI is InChI=1S/C10H11NO/c1-11-7-9-4-2-3-8-5-6-12-10(8)9/h2-4H,1,5-7H2. The molecule has 12 heavy (non-hydrogen) atoms. The Balaban J connectivity index is 2.42. The predicted octanol–water partition coefficient (Wildman–Crippen LogP) is 1.82. The molecule has 0 N–H and O–H groups in total. The lowest BCUT2D eigenvalue weighted by atomic mass is 10.1. The minimum atomic E-state index is 0.656. The Morgan fingerprint density at radius 2 is 2.42 bits per heavy atom. The first kappa shape index (κ1) is 7.35. The molecule has 0 aromatic heterocycles. The number of rotatable bonds is 2. The van der Waals surface area contributed by atoms with Crippen molar-refractivity contribution < 1.29 is 4.74 Å². The summed E-state index contributed by atoms with van der Waals surface area (Å²) in [5.41, 5.74) is 2.45. The molecule has 2 nitrogen and oxygen atoms in total. The van der Waals surface area contributed by atoms with Gasteiger partial charge in [-0.2, -0.15) is 0 Å². The summed E-state index contributed by atoms with van der Waals surface area (Å²) in [4.78, 5) is 3.85.